The molecule has 1 aliphatic heterocycles. The molecule has 1 spiro atoms. The van der Waals surface area contributed by atoms with Gasteiger partial charge in [0.2, 0.25) is 0 Å². The fourth-order valence-electron chi connectivity index (χ4n) is 5.44. The summed E-state index contributed by atoms with van der Waals surface area (Å²) in [7, 11) is 0. The Labute approximate surface area is 241 Å². The summed E-state index contributed by atoms with van der Waals surface area (Å²) in [6.07, 6.45) is 6.77. The Morgan fingerprint density at radius 3 is 2.62 bits per heavy atom. The van der Waals surface area contributed by atoms with E-state index in [4.69, 9.17) is 19.2 Å². The molecule has 0 unspecified atom stereocenters. The molecule has 3 heterocycles. The van der Waals surface area contributed by atoms with Crippen LogP contribution in [0.2, 0.25) is 0 Å². The molecule has 1 saturated carbocycles. The molecular weight excluding hydrogens is 522 g/mol. The Bertz CT molecular complexity index is 1380. The lowest BCUT2D eigenvalue weighted by Crippen LogP contribution is -2.40. The van der Waals surface area contributed by atoms with Gasteiger partial charge in [0.1, 0.15) is 17.1 Å². The first-order valence-corrected chi connectivity index (χ1v) is 15.2. The average Bonchev–Trinajstić information content (AvgIpc) is 3.65. The first-order chi connectivity index (χ1) is 19.5. The molecule has 0 bridgehead atoms. The van der Waals surface area contributed by atoms with Crippen molar-refractivity contribution in [3.05, 3.63) is 59.1 Å². The number of rotatable bonds is 12. The Morgan fingerprint density at radius 1 is 1.10 bits per heavy atom. The molecule has 1 aliphatic carbocycles. The van der Waals surface area contributed by atoms with Crippen LogP contribution in [0.3, 0.4) is 0 Å². The number of hydrogen-bond acceptors (Lipinski definition) is 8. The van der Waals surface area contributed by atoms with Crippen molar-refractivity contribution >= 4 is 29.5 Å². The third-order valence-electron chi connectivity index (χ3n) is 7.87. The number of pyridine rings is 1. The topological polar surface area (TPSA) is 92.9 Å². The number of aryl methyl sites for hydroxylation is 1. The summed E-state index contributed by atoms with van der Waals surface area (Å²) in [6.45, 7) is 9.47. The zero-order valence-corrected chi connectivity index (χ0v) is 24.8. The summed E-state index contributed by atoms with van der Waals surface area (Å²) < 4.78 is 14.5. The predicted octanol–water partition coefficient (Wildman–Crippen LogP) is 7.25. The number of aliphatic imine (C=N–C) groups is 1. The number of amides is 1. The molecule has 0 saturated heterocycles. The van der Waals surface area contributed by atoms with Crippen molar-refractivity contribution in [3.8, 4) is 11.1 Å². The van der Waals surface area contributed by atoms with E-state index in [1.54, 1.807) is 0 Å². The minimum atomic E-state index is -0.541. The van der Waals surface area contributed by atoms with Crippen molar-refractivity contribution < 1.29 is 14.1 Å². The van der Waals surface area contributed by atoms with Gasteiger partial charge in [-0.15, -0.1) is 0 Å². The molecule has 40 heavy (non-hydrogen) atoms. The minimum absolute atomic E-state index is 0.152. The van der Waals surface area contributed by atoms with E-state index < -0.39 is 5.54 Å². The number of benzene rings is 1. The van der Waals surface area contributed by atoms with Crippen LogP contribution in [-0.2, 0) is 22.7 Å². The number of anilines is 1. The maximum atomic E-state index is 13.6. The lowest BCUT2D eigenvalue weighted by atomic mass is 9.98. The maximum absolute atomic E-state index is 13.6. The fraction of sp³-hybridized carbons (Fsp3) is 0.484. The van der Waals surface area contributed by atoms with E-state index in [2.05, 4.69) is 35.0 Å². The van der Waals surface area contributed by atoms with Gasteiger partial charge in [0.15, 0.2) is 5.82 Å². The summed E-state index contributed by atoms with van der Waals surface area (Å²) in [5.74, 6) is 2.60. The van der Waals surface area contributed by atoms with Crippen LogP contribution in [0.15, 0.2) is 50.8 Å². The lowest BCUT2D eigenvalue weighted by molar-refractivity contribution is -0.131. The molecule has 0 atom stereocenters. The number of carbonyl (C=O) groups is 1. The molecule has 1 fully saturated rings. The van der Waals surface area contributed by atoms with Gasteiger partial charge in [-0.1, -0.05) is 55.6 Å². The Balaban J connectivity index is 1.42. The SMILES string of the molecule is CCCCC1=NC2(CCCC2)C(=O)N1Cc1ccc(-c2ccccc2SNc2noc(C)c2C)c(COCC)n1. The highest BCUT2D eigenvalue weighted by molar-refractivity contribution is 8.00. The molecule has 2 aliphatic rings. The summed E-state index contributed by atoms with van der Waals surface area (Å²) in [5, 5.41) is 4.13. The normalized spacial score (nSPS) is 16.2. The number of hydrogen-bond donors (Lipinski definition) is 1. The molecule has 3 aromatic rings. The highest BCUT2D eigenvalue weighted by Gasteiger charge is 2.49. The zero-order chi connectivity index (χ0) is 28.1. The third kappa shape index (κ3) is 5.81. The summed E-state index contributed by atoms with van der Waals surface area (Å²) >= 11 is 1.49. The Morgan fingerprint density at radius 2 is 1.90 bits per heavy atom. The van der Waals surface area contributed by atoms with Gasteiger partial charge in [-0.2, -0.15) is 0 Å². The number of carbonyl (C=O) groups excluding carboxylic acids is 1. The number of amidine groups is 1. The van der Waals surface area contributed by atoms with Gasteiger partial charge in [0.25, 0.3) is 5.91 Å². The molecule has 8 nitrogen and oxygen atoms in total. The van der Waals surface area contributed by atoms with Gasteiger partial charge in [-0.25, -0.2) is 0 Å². The van der Waals surface area contributed by atoms with Crippen molar-refractivity contribution in [2.45, 2.75) is 96.2 Å². The molecule has 5 rings (SSSR count). The Hall–Kier alpha value is -3.17. The molecule has 1 N–H and O–H groups in total. The van der Waals surface area contributed by atoms with Gasteiger partial charge >= 0.3 is 0 Å². The van der Waals surface area contributed by atoms with E-state index in [-0.39, 0.29) is 5.91 Å². The van der Waals surface area contributed by atoms with Gasteiger partial charge < -0.3 is 14.0 Å². The van der Waals surface area contributed by atoms with Crippen LogP contribution in [0.5, 0.6) is 0 Å². The average molecular weight is 562 g/mol. The second kappa shape index (κ2) is 12.6. The van der Waals surface area contributed by atoms with Crippen molar-refractivity contribution in [2.24, 2.45) is 4.99 Å². The van der Waals surface area contributed by atoms with Crippen molar-refractivity contribution in [2.75, 3.05) is 11.3 Å². The van der Waals surface area contributed by atoms with E-state index >= 15 is 0 Å². The monoisotopic (exact) mass is 561 g/mol. The molecule has 1 amide bonds. The minimum Gasteiger partial charge on any atom is -0.375 e. The number of nitrogens with one attached hydrogen (secondary N) is 1. The van der Waals surface area contributed by atoms with Crippen LogP contribution in [0.25, 0.3) is 11.1 Å². The highest BCUT2D eigenvalue weighted by atomic mass is 32.2. The van der Waals surface area contributed by atoms with Crippen molar-refractivity contribution in [3.63, 3.8) is 0 Å². The number of nitrogens with zero attached hydrogens (tertiary/aromatic N) is 4. The molecule has 1 aromatic carbocycles. The van der Waals surface area contributed by atoms with E-state index in [0.29, 0.717) is 19.8 Å². The fourth-order valence-corrected chi connectivity index (χ4v) is 6.27. The first-order valence-electron chi connectivity index (χ1n) is 14.4. The molecule has 0 radical (unpaired) electrons. The smallest absolute Gasteiger partial charge is 0.256 e. The van der Waals surface area contributed by atoms with Crippen molar-refractivity contribution in [1.82, 2.24) is 15.0 Å². The predicted molar refractivity (Wildman–Crippen MR) is 159 cm³/mol. The molecule has 2 aromatic heterocycles. The van der Waals surface area contributed by atoms with E-state index in [1.807, 2.05) is 43.9 Å². The summed E-state index contributed by atoms with van der Waals surface area (Å²) in [6, 6.07) is 12.4. The summed E-state index contributed by atoms with van der Waals surface area (Å²) in [5.41, 5.74) is 4.22. The zero-order valence-electron chi connectivity index (χ0n) is 24.0. The van der Waals surface area contributed by atoms with Crippen LogP contribution in [-0.4, -0.2) is 38.9 Å². The molecular formula is C31H39N5O3S. The number of unbranched alkanes of at least 4 members (excludes halogenated alkanes) is 1. The van der Waals surface area contributed by atoms with Crippen LogP contribution in [0.1, 0.15) is 81.5 Å². The van der Waals surface area contributed by atoms with E-state index in [1.165, 1.54) is 11.9 Å². The number of aromatic nitrogens is 2. The van der Waals surface area contributed by atoms with Crippen molar-refractivity contribution in [1.29, 1.82) is 0 Å². The molecule has 9 heteroatoms. The molecule has 212 valence electrons. The first kappa shape index (κ1) is 28.4. The second-order valence-corrected chi connectivity index (χ2v) is 11.5. The van der Waals surface area contributed by atoms with Gasteiger partial charge in [0, 0.05) is 29.1 Å². The van der Waals surface area contributed by atoms with E-state index in [9.17, 15) is 4.79 Å². The van der Waals surface area contributed by atoms with Crippen LogP contribution in [0, 0.1) is 13.8 Å². The second-order valence-electron chi connectivity index (χ2n) is 10.6. The number of ether oxygens (including phenoxy) is 1. The standard InChI is InChI=1S/C31H39N5O3S/c1-5-7-14-28-33-31(17-10-11-18-31)30(37)36(28)19-23-15-16-24(26(32-23)20-38-6-2)25-12-8-9-13-27(25)40-35-29-21(3)22(4)39-34-29/h8-9,12-13,15-16H,5-7,10-11,14,17-20H2,1-4H3,(H,34,35). The summed E-state index contributed by atoms with van der Waals surface area (Å²) in [4.78, 5) is 26.7. The van der Waals surface area contributed by atoms with E-state index in [0.717, 1.165) is 95.3 Å². The van der Waals surface area contributed by atoms with Crippen LogP contribution in [0.4, 0.5) is 5.82 Å². The van der Waals surface area contributed by atoms with Crippen LogP contribution >= 0.6 is 11.9 Å². The quantitative estimate of drug-likeness (QED) is 0.233. The van der Waals surface area contributed by atoms with Gasteiger partial charge in [-0.05, 0) is 69.7 Å². The van der Waals surface area contributed by atoms with Crippen LogP contribution < -0.4 is 4.72 Å². The lowest BCUT2D eigenvalue weighted by Gasteiger charge is -2.23. The third-order valence-corrected chi connectivity index (χ3v) is 8.74. The maximum Gasteiger partial charge on any atom is 0.256 e. The largest absolute Gasteiger partial charge is 0.375 e. The van der Waals surface area contributed by atoms with Gasteiger partial charge in [-0.3, -0.25) is 19.7 Å². The van der Waals surface area contributed by atoms with Gasteiger partial charge in [0.05, 0.1) is 24.5 Å². The highest BCUT2D eigenvalue weighted by Crippen LogP contribution is 2.40. The Kier molecular flexibility index (Phi) is 8.90.